The van der Waals surface area contributed by atoms with Crippen LogP contribution in [0.4, 0.5) is 11.4 Å². The number of aromatic amines is 1. The predicted molar refractivity (Wildman–Crippen MR) is 136 cm³/mol. The van der Waals surface area contributed by atoms with E-state index in [9.17, 15) is 4.79 Å². The predicted octanol–water partition coefficient (Wildman–Crippen LogP) is 4.44. The van der Waals surface area contributed by atoms with Gasteiger partial charge in [-0.2, -0.15) is 0 Å². The summed E-state index contributed by atoms with van der Waals surface area (Å²) in [5.74, 6) is 1.65. The number of nitrogens with zero attached hydrogens (tertiary/aromatic N) is 3. The van der Waals surface area contributed by atoms with Gasteiger partial charge >= 0.3 is 0 Å². The van der Waals surface area contributed by atoms with E-state index in [2.05, 4.69) is 37.2 Å². The van der Waals surface area contributed by atoms with Crippen molar-refractivity contribution >= 4 is 17.3 Å². The van der Waals surface area contributed by atoms with Crippen LogP contribution in [0.3, 0.4) is 0 Å². The van der Waals surface area contributed by atoms with Crippen molar-refractivity contribution < 1.29 is 9.53 Å². The van der Waals surface area contributed by atoms with Crippen LogP contribution < -0.4 is 10.2 Å². The van der Waals surface area contributed by atoms with Crippen molar-refractivity contribution in [3.05, 3.63) is 77.9 Å². The van der Waals surface area contributed by atoms with Crippen LogP contribution in [-0.2, 0) is 17.9 Å². The lowest BCUT2D eigenvalue weighted by atomic mass is 9.96. The molecule has 1 aromatic heterocycles. The van der Waals surface area contributed by atoms with Gasteiger partial charge in [0, 0.05) is 55.0 Å². The Morgan fingerprint density at radius 2 is 1.89 bits per heavy atom. The Hall–Kier alpha value is -3.16. The van der Waals surface area contributed by atoms with E-state index >= 15 is 0 Å². The highest BCUT2D eigenvalue weighted by Gasteiger charge is 2.41. The molecule has 182 valence electrons. The number of fused-ring (bicyclic) bond motifs is 1. The molecule has 0 spiro atoms. The highest BCUT2D eigenvalue weighted by Crippen LogP contribution is 2.36. The number of carbonyl (C=O) groups is 1. The molecule has 3 heterocycles. The molecule has 7 heteroatoms. The molecule has 35 heavy (non-hydrogen) atoms. The fraction of sp³-hybridized carbons (Fsp3) is 0.429. The Morgan fingerprint density at radius 3 is 2.60 bits per heavy atom. The molecule has 2 atom stereocenters. The summed E-state index contributed by atoms with van der Waals surface area (Å²) in [5, 5.41) is 3.03. The molecule has 0 radical (unpaired) electrons. The van der Waals surface area contributed by atoms with Crippen LogP contribution in [0, 0.1) is 5.92 Å². The van der Waals surface area contributed by atoms with Crippen molar-refractivity contribution in [1.29, 1.82) is 0 Å². The summed E-state index contributed by atoms with van der Waals surface area (Å²) in [6, 6.07) is 16.5. The van der Waals surface area contributed by atoms with Crippen molar-refractivity contribution in [2.24, 2.45) is 5.92 Å². The van der Waals surface area contributed by atoms with Crippen molar-refractivity contribution in [2.45, 2.75) is 51.0 Å². The highest BCUT2D eigenvalue weighted by molar-refractivity contribution is 6.04. The molecule has 2 aromatic carbocycles. The van der Waals surface area contributed by atoms with Gasteiger partial charge < -0.3 is 19.9 Å². The largest absolute Gasteiger partial charge is 0.374 e. The molecule has 2 saturated heterocycles. The normalized spacial score (nSPS) is 22.2. The molecule has 2 aliphatic heterocycles. The molecule has 1 aliphatic carbocycles. The molecule has 6 rings (SSSR count). The second-order valence-electron chi connectivity index (χ2n) is 10.1. The minimum absolute atomic E-state index is 0.0881. The Labute approximate surface area is 206 Å². The number of H-pyrrole nitrogens is 1. The quantitative estimate of drug-likeness (QED) is 0.508. The summed E-state index contributed by atoms with van der Waals surface area (Å²) in [6.45, 7) is 4.78. The van der Waals surface area contributed by atoms with Gasteiger partial charge in [0.05, 0.1) is 19.3 Å². The van der Waals surface area contributed by atoms with E-state index in [1.807, 2.05) is 48.8 Å². The zero-order valence-electron chi connectivity index (χ0n) is 20.0. The van der Waals surface area contributed by atoms with Crippen molar-refractivity contribution in [2.75, 3.05) is 29.9 Å². The first-order valence-electron chi connectivity index (χ1n) is 12.8. The number of benzene rings is 2. The van der Waals surface area contributed by atoms with Crippen LogP contribution in [0.15, 0.2) is 60.9 Å². The first kappa shape index (κ1) is 22.3. The third-order valence-electron chi connectivity index (χ3n) is 7.76. The van der Waals surface area contributed by atoms with Gasteiger partial charge in [-0.05, 0) is 73.6 Å². The molecule has 1 amide bonds. The molecule has 0 bridgehead atoms. The Balaban J connectivity index is 1.03. The van der Waals surface area contributed by atoms with E-state index in [0.717, 1.165) is 43.3 Å². The van der Waals surface area contributed by atoms with Gasteiger partial charge in [0.2, 0.25) is 0 Å². The molecular formula is C28H33N5O2. The van der Waals surface area contributed by atoms with Crippen LogP contribution in [0.25, 0.3) is 0 Å². The number of rotatable bonds is 8. The second-order valence-corrected chi connectivity index (χ2v) is 10.1. The van der Waals surface area contributed by atoms with Gasteiger partial charge in [-0.1, -0.05) is 12.1 Å². The number of nitrogens with one attached hydrogen (secondary N) is 2. The zero-order valence-corrected chi connectivity index (χ0v) is 20.0. The summed E-state index contributed by atoms with van der Waals surface area (Å²) in [5.41, 5.74) is 3.81. The summed E-state index contributed by atoms with van der Waals surface area (Å²) < 4.78 is 5.86. The molecule has 1 saturated carbocycles. The van der Waals surface area contributed by atoms with E-state index in [0.29, 0.717) is 30.2 Å². The maximum atomic E-state index is 12.7. The van der Waals surface area contributed by atoms with Gasteiger partial charge in [-0.25, -0.2) is 4.98 Å². The maximum Gasteiger partial charge on any atom is 0.255 e. The molecule has 2 N–H and O–H groups in total. The van der Waals surface area contributed by atoms with Crippen molar-refractivity contribution in [3.63, 3.8) is 0 Å². The van der Waals surface area contributed by atoms with Crippen molar-refractivity contribution in [1.82, 2.24) is 14.9 Å². The van der Waals surface area contributed by atoms with E-state index in [4.69, 9.17) is 4.74 Å². The number of hydrogen-bond donors (Lipinski definition) is 2. The van der Waals surface area contributed by atoms with Crippen LogP contribution in [-0.4, -0.2) is 52.6 Å². The summed E-state index contributed by atoms with van der Waals surface area (Å²) >= 11 is 0. The van der Waals surface area contributed by atoms with Gasteiger partial charge in [0.15, 0.2) is 0 Å². The van der Waals surface area contributed by atoms with Crippen LogP contribution >= 0.6 is 0 Å². The number of aromatic nitrogens is 2. The monoisotopic (exact) mass is 471 g/mol. The minimum atomic E-state index is -0.0881. The highest BCUT2D eigenvalue weighted by atomic mass is 16.5. The summed E-state index contributed by atoms with van der Waals surface area (Å²) in [6.07, 6.45) is 8.96. The Morgan fingerprint density at radius 1 is 1.06 bits per heavy atom. The second kappa shape index (κ2) is 9.84. The fourth-order valence-electron chi connectivity index (χ4n) is 5.54. The lowest BCUT2D eigenvalue weighted by Gasteiger charge is -2.27. The van der Waals surface area contributed by atoms with Crippen LogP contribution in [0.1, 0.15) is 47.4 Å². The Bertz CT molecular complexity index is 1130. The number of imidazole rings is 1. The number of carbonyl (C=O) groups excluding carboxylic acids is 1. The summed E-state index contributed by atoms with van der Waals surface area (Å²) in [7, 11) is 0. The standard InChI is InChI=1S/C28H33N5O2/c34-28(21-6-4-20(5-7-21)19-35-25-2-1-3-25)31-23-8-10-24(11-9-23)33-15-12-22-16-32(17-26(22)33)18-27-29-13-14-30-27/h4-11,13-14,22,25-26H,1-3,12,15-19H2,(H,29,30)(H,31,34)/t22-,26+/m1/s1. The van der Waals surface area contributed by atoms with Gasteiger partial charge in [-0.3, -0.25) is 9.69 Å². The number of ether oxygens (including phenoxy) is 1. The van der Waals surface area contributed by atoms with E-state index in [-0.39, 0.29) is 5.91 Å². The molecule has 3 aliphatic rings. The minimum Gasteiger partial charge on any atom is -0.374 e. The van der Waals surface area contributed by atoms with Gasteiger partial charge in [-0.15, -0.1) is 0 Å². The lowest BCUT2D eigenvalue weighted by Crippen LogP contribution is -2.35. The molecule has 7 nitrogen and oxygen atoms in total. The molecule has 3 aromatic rings. The number of amides is 1. The average molecular weight is 472 g/mol. The Kier molecular flexibility index (Phi) is 6.27. The van der Waals surface area contributed by atoms with Crippen LogP contribution in [0.2, 0.25) is 0 Å². The molecule has 3 fully saturated rings. The van der Waals surface area contributed by atoms with Gasteiger partial charge in [0.25, 0.3) is 5.91 Å². The van der Waals surface area contributed by atoms with E-state index in [1.165, 1.54) is 31.4 Å². The third-order valence-corrected chi connectivity index (χ3v) is 7.76. The maximum absolute atomic E-state index is 12.7. The fourth-order valence-corrected chi connectivity index (χ4v) is 5.54. The number of hydrogen-bond acceptors (Lipinski definition) is 5. The number of anilines is 2. The first-order valence-corrected chi connectivity index (χ1v) is 12.8. The number of likely N-dealkylation sites (tertiary alicyclic amines) is 1. The van der Waals surface area contributed by atoms with E-state index in [1.54, 1.807) is 0 Å². The summed E-state index contributed by atoms with van der Waals surface area (Å²) in [4.78, 5) is 25.4. The smallest absolute Gasteiger partial charge is 0.255 e. The lowest BCUT2D eigenvalue weighted by molar-refractivity contribution is -0.00866. The molecule has 0 unspecified atom stereocenters. The third kappa shape index (κ3) is 4.97. The first-order chi connectivity index (χ1) is 17.2. The topological polar surface area (TPSA) is 73.5 Å². The zero-order chi connectivity index (χ0) is 23.6. The molecular weight excluding hydrogens is 438 g/mol. The van der Waals surface area contributed by atoms with Crippen LogP contribution in [0.5, 0.6) is 0 Å². The van der Waals surface area contributed by atoms with Crippen molar-refractivity contribution in [3.8, 4) is 0 Å². The van der Waals surface area contributed by atoms with E-state index < -0.39 is 0 Å². The average Bonchev–Trinajstić information content (AvgIpc) is 3.58. The SMILES string of the molecule is O=C(Nc1ccc(N2CC[C@@H]3CN(Cc4ncc[nH]4)C[C@@H]32)cc1)c1ccc(COC2CCC2)cc1. The van der Waals surface area contributed by atoms with Gasteiger partial charge in [0.1, 0.15) is 5.82 Å².